The standard InChI is InChI=1S/C16H27N3O2/c1-4-9-21-15-11-13(17)10-14(12-15)18-8-7-16(20)19(5-2)6-3/h10-12,18H,4-9,17H2,1-3H3. The SMILES string of the molecule is CCCOc1cc(N)cc(NCCC(=O)N(CC)CC)c1. The Balaban J connectivity index is 2.51. The molecule has 0 radical (unpaired) electrons. The summed E-state index contributed by atoms with van der Waals surface area (Å²) in [4.78, 5) is 13.7. The van der Waals surface area contributed by atoms with Gasteiger partial charge >= 0.3 is 0 Å². The van der Waals surface area contributed by atoms with E-state index in [-0.39, 0.29) is 5.91 Å². The molecule has 5 heteroatoms. The Labute approximate surface area is 127 Å². The molecule has 0 saturated carbocycles. The fourth-order valence-corrected chi connectivity index (χ4v) is 2.08. The number of amides is 1. The van der Waals surface area contributed by atoms with E-state index in [9.17, 15) is 4.79 Å². The second kappa shape index (κ2) is 9.10. The average molecular weight is 293 g/mol. The van der Waals surface area contributed by atoms with Crippen LogP contribution in [-0.2, 0) is 4.79 Å². The van der Waals surface area contributed by atoms with Crippen LogP contribution < -0.4 is 15.8 Å². The lowest BCUT2D eigenvalue weighted by atomic mass is 10.2. The summed E-state index contributed by atoms with van der Waals surface area (Å²) in [6.45, 7) is 8.80. The summed E-state index contributed by atoms with van der Waals surface area (Å²) in [5.41, 5.74) is 7.40. The van der Waals surface area contributed by atoms with E-state index in [0.29, 0.717) is 25.3 Å². The number of benzene rings is 1. The fraction of sp³-hybridized carbons (Fsp3) is 0.562. The molecular weight excluding hydrogens is 266 g/mol. The van der Waals surface area contributed by atoms with Gasteiger partial charge in [0.05, 0.1) is 6.61 Å². The van der Waals surface area contributed by atoms with Gasteiger partial charge in [-0.1, -0.05) is 6.92 Å². The zero-order valence-corrected chi connectivity index (χ0v) is 13.3. The van der Waals surface area contributed by atoms with Gasteiger partial charge in [0.1, 0.15) is 5.75 Å². The van der Waals surface area contributed by atoms with E-state index >= 15 is 0 Å². The van der Waals surface area contributed by atoms with Gasteiger partial charge < -0.3 is 20.7 Å². The Bertz CT molecular complexity index is 445. The van der Waals surface area contributed by atoms with Crippen LogP contribution >= 0.6 is 0 Å². The second-order valence-electron chi connectivity index (χ2n) is 4.88. The number of nitrogens with two attached hydrogens (primary N) is 1. The van der Waals surface area contributed by atoms with Gasteiger partial charge in [-0.2, -0.15) is 0 Å². The molecule has 0 aliphatic rings. The molecule has 1 aromatic rings. The number of rotatable bonds is 9. The Morgan fingerprint density at radius 2 is 1.95 bits per heavy atom. The summed E-state index contributed by atoms with van der Waals surface area (Å²) in [6, 6.07) is 5.57. The van der Waals surface area contributed by atoms with Crippen molar-refractivity contribution in [3.63, 3.8) is 0 Å². The Morgan fingerprint density at radius 1 is 1.24 bits per heavy atom. The lowest BCUT2D eigenvalue weighted by molar-refractivity contribution is -0.130. The van der Waals surface area contributed by atoms with E-state index in [1.807, 2.05) is 36.9 Å². The minimum absolute atomic E-state index is 0.166. The number of hydrogen-bond donors (Lipinski definition) is 2. The summed E-state index contributed by atoms with van der Waals surface area (Å²) in [5.74, 6) is 0.924. The maximum atomic E-state index is 11.9. The zero-order chi connectivity index (χ0) is 15.7. The third kappa shape index (κ3) is 5.94. The number of anilines is 2. The summed E-state index contributed by atoms with van der Waals surface area (Å²) in [5, 5.41) is 3.23. The number of nitrogens with one attached hydrogen (secondary N) is 1. The average Bonchev–Trinajstić information content (AvgIpc) is 2.46. The van der Waals surface area contributed by atoms with Gasteiger partial charge in [0, 0.05) is 49.6 Å². The third-order valence-corrected chi connectivity index (χ3v) is 3.19. The molecule has 1 amide bonds. The number of nitrogen functional groups attached to an aromatic ring is 1. The Kier molecular flexibility index (Phi) is 7.43. The van der Waals surface area contributed by atoms with Crippen molar-refractivity contribution in [1.29, 1.82) is 0 Å². The van der Waals surface area contributed by atoms with Gasteiger partial charge in [0.25, 0.3) is 0 Å². The number of carbonyl (C=O) groups excluding carboxylic acids is 1. The predicted octanol–water partition coefficient (Wildman–Crippen LogP) is 2.73. The van der Waals surface area contributed by atoms with Crippen molar-refractivity contribution in [2.45, 2.75) is 33.6 Å². The number of nitrogens with zero attached hydrogens (tertiary/aromatic N) is 1. The van der Waals surface area contributed by atoms with E-state index in [4.69, 9.17) is 10.5 Å². The van der Waals surface area contributed by atoms with Crippen molar-refractivity contribution in [2.24, 2.45) is 0 Å². The highest BCUT2D eigenvalue weighted by atomic mass is 16.5. The highest BCUT2D eigenvalue weighted by Gasteiger charge is 2.08. The van der Waals surface area contributed by atoms with E-state index in [0.717, 1.165) is 30.9 Å². The molecule has 5 nitrogen and oxygen atoms in total. The molecule has 1 aromatic carbocycles. The Morgan fingerprint density at radius 3 is 2.57 bits per heavy atom. The monoisotopic (exact) mass is 293 g/mol. The van der Waals surface area contributed by atoms with Crippen LogP contribution in [0, 0.1) is 0 Å². The first kappa shape index (κ1) is 17.1. The maximum Gasteiger partial charge on any atom is 0.224 e. The van der Waals surface area contributed by atoms with Crippen molar-refractivity contribution in [1.82, 2.24) is 4.90 Å². The van der Waals surface area contributed by atoms with Crippen LogP contribution in [0.2, 0.25) is 0 Å². The van der Waals surface area contributed by atoms with Crippen molar-refractivity contribution in [2.75, 3.05) is 37.3 Å². The normalized spacial score (nSPS) is 10.2. The van der Waals surface area contributed by atoms with Crippen molar-refractivity contribution < 1.29 is 9.53 Å². The molecule has 0 aromatic heterocycles. The van der Waals surface area contributed by atoms with E-state index in [1.54, 1.807) is 0 Å². The van der Waals surface area contributed by atoms with Crippen LogP contribution in [0.5, 0.6) is 5.75 Å². The molecule has 0 bridgehead atoms. The molecule has 0 saturated heterocycles. The summed E-state index contributed by atoms with van der Waals surface area (Å²) >= 11 is 0. The molecular formula is C16H27N3O2. The molecule has 0 heterocycles. The minimum atomic E-state index is 0.166. The van der Waals surface area contributed by atoms with E-state index in [1.165, 1.54) is 0 Å². The molecule has 0 aliphatic heterocycles. The molecule has 3 N–H and O–H groups in total. The lowest BCUT2D eigenvalue weighted by Gasteiger charge is -2.18. The first-order chi connectivity index (χ1) is 10.1. The van der Waals surface area contributed by atoms with Crippen molar-refractivity contribution >= 4 is 17.3 Å². The van der Waals surface area contributed by atoms with E-state index in [2.05, 4.69) is 12.2 Å². The maximum absolute atomic E-state index is 11.9. The molecule has 1 rings (SSSR count). The number of carbonyl (C=O) groups is 1. The first-order valence-electron chi connectivity index (χ1n) is 7.65. The summed E-state index contributed by atoms with van der Waals surface area (Å²) in [6.07, 6.45) is 1.43. The van der Waals surface area contributed by atoms with Crippen LogP contribution in [0.25, 0.3) is 0 Å². The van der Waals surface area contributed by atoms with Crippen LogP contribution in [0.1, 0.15) is 33.6 Å². The number of hydrogen-bond acceptors (Lipinski definition) is 4. The largest absolute Gasteiger partial charge is 0.493 e. The Hall–Kier alpha value is -1.91. The van der Waals surface area contributed by atoms with Crippen LogP contribution in [0.4, 0.5) is 11.4 Å². The molecule has 118 valence electrons. The van der Waals surface area contributed by atoms with Crippen LogP contribution in [-0.4, -0.2) is 37.0 Å². The van der Waals surface area contributed by atoms with Crippen molar-refractivity contribution in [3.05, 3.63) is 18.2 Å². The van der Waals surface area contributed by atoms with Gasteiger partial charge in [-0.15, -0.1) is 0 Å². The fourth-order valence-electron chi connectivity index (χ4n) is 2.08. The van der Waals surface area contributed by atoms with Crippen LogP contribution in [0.3, 0.4) is 0 Å². The third-order valence-electron chi connectivity index (χ3n) is 3.19. The molecule has 21 heavy (non-hydrogen) atoms. The van der Waals surface area contributed by atoms with Gasteiger partial charge in [-0.25, -0.2) is 0 Å². The molecule has 0 fully saturated rings. The lowest BCUT2D eigenvalue weighted by Crippen LogP contribution is -2.31. The van der Waals surface area contributed by atoms with Crippen molar-refractivity contribution in [3.8, 4) is 5.75 Å². The molecule has 0 atom stereocenters. The minimum Gasteiger partial charge on any atom is -0.493 e. The van der Waals surface area contributed by atoms with Gasteiger partial charge in [0.15, 0.2) is 0 Å². The summed E-state index contributed by atoms with van der Waals surface area (Å²) in [7, 11) is 0. The smallest absolute Gasteiger partial charge is 0.224 e. The topological polar surface area (TPSA) is 67.6 Å². The predicted molar refractivity (Wildman–Crippen MR) is 87.7 cm³/mol. The van der Waals surface area contributed by atoms with Gasteiger partial charge in [-0.05, 0) is 26.3 Å². The van der Waals surface area contributed by atoms with Gasteiger partial charge in [0.2, 0.25) is 5.91 Å². The highest BCUT2D eigenvalue weighted by molar-refractivity contribution is 5.76. The van der Waals surface area contributed by atoms with E-state index < -0.39 is 0 Å². The van der Waals surface area contributed by atoms with Gasteiger partial charge in [-0.3, -0.25) is 4.79 Å². The quantitative estimate of drug-likeness (QED) is 0.687. The molecule has 0 spiro atoms. The zero-order valence-electron chi connectivity index (χ0n) is 13.3. The van der Waals surface area contributed by atoms with Crippen LogP contribution in [0.15, 0.2) is 18.2 Å². The number of ether oxygens (including phenoxy) is 1. The highest BCUT2D eigenvalue weighted by Crippen LogP contribution is 2.22. The first-order valence-corrected chi connectivity index (χ1v) is 7.65. The molecule has 0 aliphatic carbocycles. The molecule has 0 unspecified atom stereocenters. The summed E-state index contributed by atoms with van der Waals surface area (Å²) < 4.78 is 5.58. The second-order valence-corrected chi connectivity index (χ2v) is 4.88.